The van der Waals surface area contributed by atoms with Crippen LogP contribution < -0.4 is 5.32 Å². The van der Waals surface area contributed by atoms with E-state index in [0.29, 0.717) is 5.56 Å². The molecule has 2 aliphatic rings. The van der Waals surface area contributed by atoms with Crippen molar-refractivity contribution in [1.82, 2.24) is 10.2 Å². The standard InChI is InChI=1S/C14H13FN2O3/c1-7-2-3-9(15)12-8(7)6-17(14(12)20)10-4-5-11(18)16-13(10)19/h2-3,10H,4-6H2,1H3,(H,16,18,19). The van der Waals surface area contributed by atoms with Crippen molar-refractivity contribution in [3.8, 4) is 0 Å². The zero-order chi connectivity index (χ0) is 14.4. The minimum Gasteiger partial charge on any atom is -0.322 e. The van der Waals surface area contributed by atoms with E-state index in [-0.39, 0.29) is 30.9 Å². The van der Waals surface area contributed by atoms with Gasteiger partial charge in [0.1, 0.15) is 11.9 Å². The van der Waals surface area contributed by atoms with Crippen LogP contribution in [-0.2, 0) is 16.1 Å². The molecule has 3 amide bonds. The summed E-state index contributed by atoms with van der Waals surface area (Å²) in [6.45, 7) is 2.02. The molecule has 0 saturated carbocycles. The molecule has 2 aliphatic heterocycles. The highest BCUT2D eigenvalue weighted by Crippen LogP contribution is 2.31. The average Bonchev–Trinajstić information content (AvgIpc) is 2.73. The number of nitrogens with one attached hydrogen (secondary N) is 1. The van der Waals surface area contributed by atoms with E-state index in [4.69, 9.17) is 0 Å². The molecule has 1 saturated heterocycles. The molecule has 1 unspecified atom stereocenters. The van der Waals surface area contributed by atoms with Gasteiger partial charge in [0.2, 0.25) is 11.8 Å². The second-order valence-corrected chi connectivity index (χ2v) is 5.12. The van der Waals surface area contributed by atoms with Crippen molar-refractivity contribution in [1.29, 1.82) is 0 Å². The number of carbonyl (C=O) groups excluding carboxylic acids is 3. The highest BCUT2D eigenvalue weighted by molar-refractivity contribution is 6.05. The molecule has 1 fully saturated rings. The molecule has 0 radical (unpaired) electrons. The normalized spacial score (nSPS) is 22.0. The zero-order valence-electron chi connectivity index (χ0n) is 10.9. The lowest BCUT2D eigenvalue weighted by Gasteiger charge is -2.29. The Morgan fingerprint density at radius 1 is 1.30 bits per heavy atom. The quantitative estimate of drug-likeness (QED) is 0.775. The van der Waals surface area contributed by atoms with E-state index in [1.54, 1.807) is 13.0 Å². The molecule has 5 nitrogen and oxygen atoms in total. The van der Waals surface area contributed by atoms with Crippen molar-refractivity contribution in [2.75, 3.05) is 0 Å². The monoisotopic (exact) mass is 276 g/mol. The molecule has 0 aliphatic carbocycles. The van der Waals surface area contributed by atoms with E-state index in [1.807, 2.05) is 0 Å². The fourth-order valence-corrected chi connectivity index (χ4v) is 2.78. The Bertz CT molecular complexity index is 642. The van der Waals surface area contributed by atoms with Gasteiger partial charge in [-0.25, -0.2) is 4.39 Å². The molecule has 1 aromatic rings. The van der Waals surface area contributed by atoms with Crippen molar-refractivity contribution >= 4 is 17.7 Å². The number of aryl methyl sites for hydroxylation is 1. The fraction of sp³-hybridized carbons (Fsp3) is 0.357. The minimum absolute atomic E-state index is 0.0506. The number of nitrogens with zero attached hydrogens (tertiary/aromatic N) is 1. The minimum atomic E-state index is -0.702. The molecule has 2 heterocycles. The van der Waals surface area contributed by atoms with E-state index < -0.39 is 23.7 Å². The van der Waals surface area contributed by atoms with Crippen LogP contribution in [0.4, 0.5) is 4.39 Å². The van der Waals surface area contributed by atoms with E-state index in [9.17, 15) is 18.8 Å². The first-order valence-corrected chi connectivity index (χ1v) is 6.41. The van der Waals surface area contributed by atoms with Crippen LogP contribution in [0.2, 0.25) is 0 Å². The van der Waals surface area contributed by atoms with Gasteiger partial charge in [0.15, 0.2) is 0 Å². The number of fused-ring (bicyclic) bond motifs is 1. The summed E-state index contributed by atoms with van der Waals surface area (Å²) < 4.78 is 13.8. The maximum Gasteiger partial charge on any atom is 0.258 e. The molecular weight excluding hydrogens is 263 g/mol. The third-order valence-corrected chi connectivity index (χ3v) is 3.89. The molecule has 0 spiro atoms. The zero-order valence-corrected chi connectivity index (χ0v) is 10.9. The summed E-state index contributed by atoms with van der Waals surface area (Å²) in [6.07, 6.45) is 0.475. The first kappa shape index (κ1) is 12.8. The Balaban J connectivity index is 1.94. The maximum absolute atomic E-state index is 13.8. The summed E-state index contributed by atoms with van der Waals surface area (Å²) >= 11 is 0. The predicted molar refractivity (Wildman–Crippen MR) is 67.2 cm³/mol. The molecule has 3 rings (SSSR count). The lowest BCUT2D eigenvalue weighted by molar-refractivity contribution is -0.136. The van der Waals surface area contributed by atoms with Crippen LogP contribution in [0.3, 0.4) is 0 Å². The molecule has 6 heteroatoms. The van der Waals surface area contributed by atoms with Gasteiger partial charge in [0, 0.05) is 13.0 Å². The van der Waals surface area contributed by atoms with Crippen LogP contribution in [-0.4, -0.2) is 28.7 Å². The SMILES string of the molecule is Cc1ccc(F)c2c1CN(C1CCC(=O)NC1=O)C2=O. The van der Waals surface area contributed by atoms with Crippen molar-refractivity contribution in [2.24, 2.45) is 0 Å². The van der Waals surface area contributed by atoms with E-state index in [2.05, 4.69) is 5.32 Å². The van der Waals surface area contributed by atoms with Gasteiger partial charge in [-0.05, 0) is 30.5 Å². The lowest BCUT2D eigenvalue weighted by atomic mass is 10.0. The number of amides is 3. The van der Waals surface area contributed by atoms with Gasteiger partial charge in [-0.15, -0.1) is 0 Å². The molecule has 1 atom stereocenters. The van der Waals surface area contributed by atoms with Gasteiger partial charge in [-0.3, -0.25) is 19.7 Å². The summed E-state index contributed by atoms with van der Waals surface area (Å²) in [5, 5.41) is 2.22. The predicted octanol–water partition coefficient (Wildman–Crippen LogP) is 0.895. The summed E-state index contributed by atoms with van der Waals surface area (Å²) in [6, 6.07) is 2.18. The molecular formula is C14H13FN2O3. The van der Waals surface area contributed by atoms with E-state index in [0.717, 1.165) is 5.56 Å². The van der Waals surface area contributed by atoms with Crippen LogP contribution in [0, 0.1) is 12.7 Å². The van der Waals surface area contributed by atoms with Crippen LogP contribution in [0.15, 0.2) is 12.1 Å². The Morgan fingerprint density at radius 3 is 2.70 bits per heavy atom. The lowest BCUT2D eigenvalue weighted by Crippen LogP contribution is -2.52. The summed E-state index contributed by atoms with van der Waals surface area (Å²) in [7, 11) is 0. The molecule has 1 aromatic carbocycles. The number of carbonyl (C=O) groups is 3. The number of halogens is 1. The Labute approximate surface area is 114 Å². The second kappa shape index (κ2) is 4.40. The number of rotatable bonds is 1. The summed E-state index contributed by atoms with van der Waals surface area (Å²) in [4.78, 5) is 36.7. The largest absolute Gasteiger partial charge is 0.322 e. The van der Waals surface area contributed by atoms with E-state index >= 15 is 0 Å². The van der Waals surface area contributed by atoms with Gasteiger partial charge in [0.25, 0.3) is 5.91 Å². The first-order valence-electron chi connectivity index (χ1n) is 6.41. The number of imide groups is 1. The number of benzene rings is 1. The van der Waals surface area contributed by atoms with Crippen LogP contribution in [0.5, 0.6) is 0 Å². The van der Waals surface area contributed by atoms with Crippen molar-refractivity contribution in [2.45, 2.75) is 32.4 Å². The third-order valence-electron chi connectivity index (χ3n) is 3.89. The van der Waals surface area contributed by atoms with Gasteiger partial charge in [0.05, 0.1) is 5.56 Å². The highest BCUT2D eigenvalue weighted by Gasteiger charge is 2.40. The molecule has 20 heavy (non-hydrogen) atoms. The summed E-state index contributed by atoms with van der Waals surface area (Å²) in [5.41, 5.74) is 1.50. The second-order valence-electron chi connectivity index (χ2n) is 5.12. The van der Waals surface area contributed by atoms with Gasteiger partial charge >= 0.3 is 0 Å². The molecule has 0 bridgehead atoms. The van der Waals surface area contributed by atoms with E-state index in [1.165, 1.54) is 11.0 Å². The number of piperidine rings is 1. The van der Waals surface area contributed by atoms with Crippen molar-refractivity contribution < 1.29 is 18.8 Å². The van der Waals surface area contributed by atoms with Crippen LogP contribution >= 0.6 is 0 Å². The third kappa shape index (κ3) is 1.79. The molecule has 0 aromatic heterocycles. The Morgan fingerprint density at radius 2 is 2.05 bits per heavy atom. The fourth-order valence-electron chi connectivity index (χ4n) is 2.78. The number of hydrogen-bond donors (Lipinski definition) is 1. The Kier molecular flexibility index (Phi) is 2.81. The molecule has 104 valence electrons. The average molecular weight is 276 g/mol. The Hall–Kier alpha value is -2.24. The van der Waals surface area contributed by atoms with Crippen LogP contribution in [0.25, 0.3) is 0 Å². The number of hydrogen-bond acceptors (Lipinski definition) is 3. The first-order chi connectivity index (χ1) is 9.49. The maximum atomic E-state index is 13.8. The van der Waals surface area contributed by atoms with Crippen molar-refractivity contribution in [3.05, 3.63) is 34.6 Å². The summed E-state index contributed by atoms with van der Waals surface area (Å²) in [5.74, 6) is -1.86. The topological polar surface area (TPSA) is 66.5 Å². The van der Waals surface area contributed by atoms with Gasteiger partial charge in [-0.1, -0.05) is 6.07 Å². The van der Waals surface area contributed by atoms with Crippen LogP contribution in [0.1, 0.15) is 34.3 Å². The van der Waals surface area contributed by atoms with Crippen molar-refractivity contribution in [3.63, 3.8) is 0 Å². The van der Waals surface area contributed by atoms with Gasteiger partial charge < -0.3 is 4.90 Å². The van der Waals surface area contributed by atoms with Gasteiger partial charge in [-0.2, -0.15) is 0 Å². The smallest absolute Gasteiger partial charge is 0.258 e. The molecule has 1 N–H and O–H groups in total. The highest BCUT2D eigenvalue weighted by atomic mass is 19.1.